The van der Waals surface area contributed by atoms with Gasteiger partial charge in [-0.05, 0) is 12.5 Å². The van der Waals surface area contributed by atoms with E-state index in [0.717, 1.165) is 19.0 Å². The number of pyridine rings is 1. The van der Waals surface area contributed by atoms with Gasteiger partial charge in [0.25, 0.3) is 0 Å². The van der Waals surface area contributed by atoms with Crippen molar-refractivity contribution < 1.29 is 4.39 Å². The van der Waals surface area contributed by atoms with Crippen LogP contribution in [0.4, 0.5) is 4.39 Å². The second-order valence-electron chi connectivity index (χ2n) is 3.60. The predicted octanol–water partition coefficient (Wildman–Crippen LogP) is 3.28. The Morgan fingerprint density at radius 3 is 2.88 bits per heavy atom. The average molecular weight is 252 g/mol. The van der Waals surface area contributed by atoms with Gasteiger partial charge in [-0.1, -0.05) is 18.5 Å². The Hall–Kier alpha value is -1.55. The third-order valence-corrected chi connectivity index (χ3v) is 2.46. The molecular weight excluding hydrogens is 241 g/mol. The quantitative estimate of drug-likeness (QED) is 0.786. The summed E-state index contributed by atoms with van der Waals surface area (Å²) in [5.74, 6) is 0.218. The van der Waals surface area contributed by atoms with Crippen molar-refractivity contribution in [1.82, 2.24) is 15.0 Å². The zero-order valence-corrected chi connectivity index (χ0v) is 10.1. The molecule has 0 aromatic carbocycles. The van der Waals surface area contributed by atoms with Gasteiger partial charge in [-0.2, -0.15) is 0 Å². The zero-order valence-electron chi connectivity index (χ0n) is 9.32. The van der Waals surface area contributed by atoms with Crippen LogP contribution in [0.15, 0.2) is 24.5 Å². The number of hydrogen-bond acceptors (Lipinski definition) is 3. The largest absolute Gasteiger partial charge is 0.262 e. The summed E-state index contributed by atoms with van der Waals surface area (Å²) in [6.07, 6.45) is 4.32. The first-order chi connectivity index (χ1) is 8.20. The van der Waals surface area contributed by atoms with Crippen molar-refractivity contribution in [2.45, 2.75) is 19.8 Å². The third kappa shape index (κ3) is 2.77. The summed E-state index contributed by atoms with van der Waals surface area (Å²) < 4.78 is 13.6. The molecule has 0 unspecified atom stereocenters. The second-order valence-corrected chi connectivity index (χ2v) is 3.98. The van der Waals surface area contributed by atoms with E-state index < -0.39 is 5.82 Å². The Morgan fingerprint density at radius 2 is 2.18 bits per heavy atom. The van der Waals surface area contributed by atoms with Crippen LogP contribution in [0.25, 0.3) is 11.3 Å². The first-order valence-corrected chi connectivity index (χ1v) is 5.72. The van der Waals surface area contributed by atoms with Crippen LogP contribution < -0.4 is 0 Å². The van der Waals surface area contributed by atoms with Gasteiger partial charge in [-0.3, -0.25) is 4.98 Å². The van der Waals surface area contributed by atoms with E-state index in [9.17, 15) is 4.39 Å². The van der Waals surface area contributed by atoms with Gasteiger partial charge in [0.05, 0.1) is 11.9 Å². The molecule has 0 radical (unpaired) electrons. The van der Waals surface area contributed by atoms with Crippen molar-refractivity contribution in [2.24, 2.45) is 0 Å². The highest BCUT2D eigenvalue weighted by atomic mass is 35.5. The molecule has 2 rings (SSSR count). The van der Waals surface area contributed by atoms with E-state index in [0.29, 0.717) is 22.2 Å². The maximum atomic E-state index is 13.6. The van der Waals surface area contributed by atoms with E-state index in [2.05, 4.69) is 15.0 Å². The van der Waals surface area contributed by atoms with Crippen molar-refractivity contribution in [3.63, 3.8) is 0 Å². The second kappa shape index (κ2) is 5.19. The maximum absolute atomic E-state index is 13.6. The predicted molar refractivity (Wildman–Crippen MR) is 64.2 cm³/mol. The van der Waals surface area contributed by atoms with E-state index in [1.807, 2.05) is 6.92 Å². The number of rotatable bonds is 3. The molecule has 0 spiro atoms. The lowest BCUT2D eigenvalue weighted by atomic mass is 10.2. The van der Waals surface area contributed by atoms with Crippen molar-refractivity contribution in [3.8, 4) is 11.3 Å². The van der Waals surface area contributed by atoms with E-state index >= 15 is 0 Å². The van der Waals surface area contributed by atoms with E-state index in [1.54, 1.807) is 12.1 Å². The molecule has 0 fully saturated rings. The minimum absolute atomic E-state index is 0.328. The first-order valence-electron chi connectivity index (χ1n) is 5.34. The Bertz CT molecular complexity index is 531. The minimum atomic E-state index is -0.412. The lowest BCUT2D eigenvalue weighted by Gasteiger charge is -2.05. The van der Waals surface area contributed by atoms with E-state index in [1.165, 1.54) is 6.20 Å². The maximum Gasteiger partial charge on any atom is 0.150 e. The fourth-order valence-electron chi connectivity index (χ4n) is 1.52. The van der Waals surface area contributed by atoms with Crippen LogP contribution in [-0.2, 0) is 6.42 Å². The Morgan fingerprint density at radius 1 is 1.35 bits per heavy atom. The van der Waals surface area contributed by atoms with Crippen LogP contribution >= 0.6 is 11.6 Å². The van der Waals surface area contributed by atoms with Gasteiger partial charge >= 0.3 is 0 Å². The van der Waals surface area contributed by atoms with Crippen LogP contribution in [-0.4, -0.2) is 15.0 Å². The molecule has 0 atom stereocenters. The molecule has 2 aromatic rings. The van der Waals surface area contributed by atoms with Crippen molar-refractivity contribution >= 4 is 11.6 Å². The summed E-state index contributed by atoms with van der Waals surface area (Å²) in [6.45, 7) is 2.02. The molecule has 88 valence electrons. The summed E-state index contributed by atoms with van der Waals surface area (Å²) in [7, 11) is 0. The van der Waals surface area contributed by atoms with Gasteiger partial charge in [0.15, 0.2) is 5.82 Å². The highest BCUT2D eigenvalue weighted by molar-refractivity contribution is 6.29. The lowest BCUT2D eigenvalue weighted by molar-refractivity contribution is 0.624. The van der Waals surface area contributed by atoms with Gasteiger partial charge in [-0.25, -0.2) is 14.4 Å². The molecule has 0 saturated carbocycles. The molecule has 0 bridgehead atoms. The third-order valence-electron chi connectivity index (χ3n) is 2.26. The highest BCUT2D eigenvalue weighted by Crippen LogP contribution is 2.22. The summed E-state index contributed by atoms with van der Waals surface area (Å²) in [6, 6.07) is 3.13. The van der Waals surface area contributed by atoms with Crippen molar-refractivity contribution in [1.29, 1.82) is 0 Å². The molecule has 0 amide bonds. The van der Waals surface area contributed by atoms with Gasteiger partial charge in [0, 0.05) is 24.2 Å². The highest BCUT2D eigenvalue weighted by Gasteiger charge is 2.09. The summed E-state index contributed by atoms with van der Waals surface area (Å²) in [5.41, 5.74) is 0.884. The zero-order chi connectivity index (χ0) is 12.3. The van der Waals surface area contributed by atoms with E-state index in [4.69, 9.17) is 11.6 Å². The molecule has 0 saturated heterocycles. The van der Waals surface area contributed by atoms with Crippen molar-refractivity contribution in [2.75, 3.05) is 0 Å². The molecular formula is C12H11ClFN3. The number of aryl methyl sites for hydroxylation is 1. The molecule has 2 aromatic heterocycles. The number of hydrogen-bond donors (Lipinski definition) is 0. The first kappa shape index (κ1) is 11.9. The van der Waals surface area contributed by atoms with Crippen LogP contribution in [0.3, 0.4) is 0 Å². The Kier molecular flexibility index (Phi) is 3.64. The van der Waals surface area contributed by atoms with Gasteiger partial charge < -0.3 is 0 Å². The normalized spacial score (nSPS) is 10.5. The number of aromatic nitrogens is 3. The minimum Gasteiger partial charge on any atom is -0.262 e. The van der Waals surface area contributed by atoms with Gasteiger partial charge in [0.2, 0.25) is 0 Å². The topological polar surface area (TPSA) is 38.7 Å². The fraction of sp³-hybridized carbons (Fsp3) is 0.250. The van der Waals surface area contributed by atoms with E-state index in [-0.39, 0.29) is 0 Å². The fourth-order valence-corrected chi connectivity index (χ4v) is 1.72. The van der Waals surface area contributed by atoms with Crippen LogP contribution in [0.2, 0.25) is 5.15 Å². The molecule has 0 aliphatic carbocycles. The van der Waals surface area contributed by atoms with Crippen molar-refractivity contribution in [3.05, 3.63) is 41.3 Å². The number of halogens is 2. The summed E-state index contributed by atoms with van der Waals surface area (Å²) in [4.78, 5) is 12.1. The number of nitrogens with zero attached hydrogens (tertiary/aromatic N) is 3. The smallest absolute Gasteiger partial charge is 0.150 e. The molecule has 0 aliphatic heterocycles. The molecule has 17 heavy (non-hydrogen) atoms. The molecule has 5 heteroatoms. The average Bonchev–Trinajstić information content (AvgIpc) is 2.29. The standard InChI is InChI=1S/C12H11ClFN3/c1-2-3-12-16-10(6-11(13)17-12)8-4-5-15-7-9(8)14/h4-7H,2-3H2,1H3. The Balaban J connectivity index is 2.48. The molecule has 0 N–H and O–H groups in total. The van der Waals surface area contributed by atoms with Gasteiger partial charge in [-0.15, -0.1) is 0 Å². The monoisotopic (exact) mass is 251 g/mol. The summed E-state index contributed by atoms with van der Waals surface area (Å²) >= 11 is 5.90. The molecule has 3 nitrogen and oxygen atoms in total. The van der Waals surface area contributed by atoms with Crippen LogP contribution in [0, 0.1) is 5.82 Å². The van der Waals surface area contributed by atoms with Crippen LogP contribution in [0.1, 0.15) is 19.2 Å². The van der Waals surface area contributed by atoms with Gasteiger partial charge in [0.1, 0.15) is 11.0 Å². The summed E-state index contributed by atoms with van der Waals surface area (Å²) in [5, 5.41) is 0.328. The molecule has 0 aliphatic rings. The lowest BCUT2D eigenvalue weighted by Crippen LogP contribution is -1.98. The molecule has 2 heterocycles. The Labute approximate surface area is 104 Å². The SMILES string of the molecule is CCCc1nc(Cl)cc(-c2ccncc2F)n1. The van der Waals surface area contributed by atoms with Crippen LogP contribution in [0.5, 0.6) is 0 Å².